The van der Waals surface area contributed by atoms with Crippen molar-refractivity contribution < 1.29 is 9.59 Å². The molecular formula is C14H17N3O2. The fourth-order valence-electron chi connectivity index (χ4n) is 2.88. The van der Waals surface area contributed by atoms with E-state index in [9.17, 15) is 9.59 Å². The quantitative estimate of drug-likeness (QED) is 0.789. The van der Waals surface area contributed by atoms with E-state index in [0.29, 0.717) is 19.5 Å². The van der Waals surface area contributed by atoms with Gasteiger partial charge in [-0.1, -0.05) is 0 Å². The average Bonchev–Trinajstić information content (AvgIpc) is 2.89. The molecule has 1 atom stereocenters. The van der Waals surface area contributed by atoms with Gasteiger partial charge in [0.1, 0.15) is 6.04 Å². The maximum absolute atomic E-state index is 12.5. The normalized spacial score (nSPS) is 23.5. The third-order valence-electron chi connectivity index (χ3n) is 3.89. The van der Waals surface area contributed by atoms with E-state index in [-0.39, 0.29) is 17.9 Å². The zero-order valence-corrected chi connectivity index (χ0v) is 10.8. The summed E-state index contributed by atoms with van der Waals surface area (Å²) in [4.78, 5) is 32.0. The lowest BCUT2D eigenvalue weighted by atomic mass is 10.2. The summed E-state index contributed by atoms with van der Waals surface area (Å²) < 4.78 is 0. The molecule has 2 amide bonds. The number of amides is 2. The van der Waals surface area contributed by atoms with Crippen LogP contribution in [0.15, 0.2) is 24.5 Å². The fourth-order valence-corrected chi connectivity index (χ4v) is 2.88. The van der Waals surface area contributed by atoms with E-state index in [4.69, 9.17) is 0 Å². The van der Waals surface area contributed by atoms with E-state index in [1.165, 1.54) is 0 Å². The van der Waals surface area contributed by atoms with Gasteiger partial charge in [-0.2, -0.15) is 0 Å². The second-order valence-corrected chi connectivity index (χ2v) is 5.11. The lowest BCUT2D eigenvalue weighted by molar-refractivity contribution is -0.139. The smallest absolute Gasteiger partial charge is 0.245 e. The highest BCUT2D eigenvalue weighted by Gasteiger charge is 2.38. The van der Waals surface area contributed by atoms with Crippen molar-refractivity contribution in [1.82, 2.24) is 14.8 Å². The van der Waals surface area contributed by atoms with Crippen LogP contribution in [0.2, 0.25) is 0 Å². The third-order valence-corrected chi connectivity index (χ3v) is 3.89. The van der Waals surface area contributed by atoms with Crippen LogP contribution in [0.5, 0.6) is 0 Å². The highest BCUT2D eigenvalue weighted by molar-refractivity contribution is 5.90. The number of carbonyl (C=O) groups is 2. The van der Waals surface area contributed by atoms with Gasteiger partial charge < -0.3 is 9.80 Å². The van der Waals surface area contributed by atoms with Gasteiger partial charge in [-0.15, -0.1) is 0 Å². The number of rotatable bonds is 2. The topological polar surface area (TPSA) is 53.5 Å². The molecule has 5 nitrogen and oxygen atoms in total. The molecule has 2 fully saturated rings. The minimum Gasteiger partial charge on any atom is -0.336 e. The number of fused-ring (bicyclic) bond motifs is 1. The summed E-state index contributed by atoms with van der Waals surface area (Å²) in [6.07, 6.45) is 5.63. The molecule has 1 unspecified atom stereocenters. The van der Waals surface area contributed by atoms with Gasteiger partial charge in [0.2, 0.25) is 11.8 Å². The second kappa shape index (κ2) is 4.99. The number of hydrogen-bond acceptors (Lipinski definition) is 3. The summed E-state index contributed by atoms with van der Waals surface area (Å²) in [6.45, 7) is 1.82. The van der Waals surface area contributed by atoms with Crippen LogP contribution in [0.3, 0.4) is 0 Å². The Morgan fingerprint density at radius 3 is 2.79 bits per heavy atom. The molecule has 100 valence electrons. The van der Waals surface area contributed by atoms with Crippen LogP contribution in [0.4, 0.5) is 0 Å². The maximum atomic E-state index is 12.5. The van der Waals surface area contributed by atoms with Crippen LogP contribution >= 0.6 is 0 Å². The largest absolute Gasteiger partial charge is 0.336 e. The Labute approximate surface area is 112 Å². The molecule has 0 saturated carbocycles. The lowest BCUT2D eigenvalue weighted by Gasteiger charge is -2.25. The molecule has 0 aromatic carbocycles. The van der Waals surface area contributed by atoms with Crippen LogP contribution in [0, 0.1) is 0 Å². The molecule has 19 heavy (non-hydrogen) atoms. The Balaban J connectivity index is 1.78. The standard InChI is InChI=1S/C14H17N3O2/c18-13-5-9-16(10-11-3-6-15-7-4-11)14(19)12-2-1-8-17(12)13/h3-4,6-7,12H,1-2,5,8-10H2. The second-order valence-electron chi connectivity index (χ2n) is 5.11. The zero-order chi connectivity index (χ0) is 13.2. The average molecular weight is 259 g/mol. The van der Waals surface area contributed by atoms with Crippen molar-refractivity contribution in [3.05, 3.63) is 30.1 Å². The highest BCUT2D eigenvalue weighted by atomic mass is 16.2. The van der Waals surface area contributed by atoms with Gasteiger partial charge in [-0.3, -0.25) is 14.6 Å². The number of carbonyl (C=O) groups excluding carboxylic acids is 2. The van der Waals surface area contributed by atoms with Crippen LogP contribution < -0.4 is 0 Å². The molecule has 5 heteroatoms. The molecule has 0 bridgehead atoms. The van der Waals surface area contributed by atoms with E-state index in [1.54, 1.807) is 17.3 Å². The van der Waals surface area contributed by atoms with Crippen molar-refractivity contribution in [2.24, 2.45) is 0 Å². The molecule has 2 aliphatic heterocycles. The van der Waals surface area contributed by atoms with Gasteiger partial charge in [0, 0.05) is 38.4 Å². The Morgan fingerprint density at radius 2 is 2.00 bits per heavy atom. The van der Waals surface area contributed by atoms with Gasteiger partial charge >= 0.3 is 0 Å². The summed E-state index contributed by atoms with van der Waals surface area (Å²) in [7, 11) is 0. The lowest BCUT2D eigenvalue weighted by Crippen LogP contribution is -2.43. The predicted octanol–water partition coefficient (Wildman–Crippen LogP) is 0.805. The summed E-state index contributed by atoms with van der Waals surface area (Å²) >= 11 is 0. The zero-order valence-electron chi connectivity index (χ0n) is 10.8. The maximum Gasteiger partial charge on any atom is 0.245 e. The monoisotopic (exact) mass is 259 g/mol. The molecule has 1 aromatic rings. The van der Waals surface area contributed by atoms with Gasteiger partial charge in [0.25, 0.3) is 0 Å². The Hall–Kier alpha value is -1.91. The van der Waals surface area contributed by atoms with E-state index in [1.807, 2.05) is 17.0 Å². The Kier molecular flexibility index (Phi) is 3.19. The van der Waals surface area contributed by atoms with Gasteiger partial charge in [-0.25, -0.2) is 0 Å². The van der Waals surface area contributed by atoms with Crippen molar-refractivity contribution in [2.75, 3.05) is 13.1 Å². The fraction of sp³-hybridized carbons (Fsp3) is 0.500. The molecular weight excluding hydrogens is 242 g/mol. The van der Waals surface area contributed by atoms with E-state index in [2.05, 4.69) is 4.98 Å². The molecule has 0 radical (unpaired) electrons. The molecule has 2 saturated heterocycles. The number of hydrogen-bond donors (Lipinski definition) is 0. The van der Waals surface area contributed by atoms with Gasteiger partial charge in [0.15, 0.2) is 0 Å². The molecule has 1 aromatic heterocycles. The van der Waals surface area contributed by atoms with Crippen LogP contribution in [-0.4, -0.2) is 45.7 Å². The molecule has 0 N–H and O–H groups in total. The van der Waals surface area contributed by atoms with Crippen molar-refractivity contribution in [3.8, 4) is 0 Å². The van der Waals surface area contributed by atoms with Gasteiger partial charge in [0.05, 0.1) is 0 Å². The van der Waals surface area contributed by atoms with Crippen molar-refractivity contribution >= 4 is 11.8 Å². The third kappa shape index (κ3) is 2.32. The first-order valence-corrected chi connectivity index (χ1v) is 6.73. The number of nitrogens with zero attached hydrogens (tertiary/aromatic N) is 3. The number of aromatic nitrogens is 1. The molecule has 3 heterocycles. The molecule has 0 spiro atoms. The Bertz CT molecular complexity index is 489. The van der Waals surface area contributed by atoms with Crippen LogP contribution in [0.25, 0.3) is 0 Å². The molecule has 2 aliphatic rings. The van der Waals surface area contributed by atoms with Crippen molar-refractivity contribution in [1.29, 1.82) is 0 Å². The van der Waals surface area contributed by atoms with Gasteiger partial charge in [-0.05, 0) is 30.5 Å². The van der Waals surface area contributed by atoms with Crippen LogP contribution in [-0.2, 0) is 16.1 Å². The minimum absolute atomic E-state index is 0.0974. The molecule has 3 rings (SSSR count). The van der Waals surface area contributed by atoms with E-state index in [0.717, 1.165) is 24.9 Å². The van der Waals surface area contributed by atoms with Crippen molar-refractivity contribution in [2.45, 2.75) is 31.8 Å². The van der Waals surface area contributed by atoms with E-state index < -0.39 is 0 Å². The first-order chi connectivity index (χ1) is 9.25. The summed E-state index contributed by atoms with van der Waals surface area (Å²) in [5.41, 5.74) is 1.06. The minimum atomic E-state index is -0.225. The van der Waals surface area contributed by atoms with E-state index >= 15 is 0 Å². The summed E-state index contributed by atoms with van der Waals surface area (Å²) in [6, 6.07) is 3.59. The number of pyridine rings is 1. The summed E-state index contributed by atoms with van der Waals surface area (Å²) in [5.74, 6) is 0.216. The van der Waals surface area contributed by atoms with Crippen LogP contribution in [0.1, 0.15) is 24.8 Å². The Morgan fingerprint density at radius 1 is 1.21 bits per heavy atom. The first kappa shape index (κ1) is 12.1. The SMILES string of the molecule is O=C1C2CCCN2C(=O)CCN1Cc1ccncc1. The predicted molar refractivity (Wildman–Crippen MR) is 69.0 cm³/mol. The summed E-state index contributed by atoms with van der Waals surface area (Å²) in [5, 5.41) is 0. The van der Waals surface area contributed by atoms with Crippen molar-refractivity contribution in [3.63, 3.8) is 0 Å². The molecule has 0 aliphatic carbocycles. The first-order valence-electron chi connectivity index (χ1n) is 6.73. The highest BCUT2D eigenvalue weighted by Crippen LogP contribution is 2.24.